The first-order valence-corrected chi connectivity index (χ1v) is 8.77. The normalized spacial score (nSPS) is 14.4. The van der Waals surface area contributed by atoms with E-state index in [1.54, 1.807) is 0 Å². The van der Waals surface area contributed by atoms with E-state index in [0.29, 0.717) is 5.57 Å². The maximum absolute atomic E-state index is 12.3. The van der Waals surface area contributed by atoms with Crippen LogP contribution in [-0.4, -0.2) is 10.9 Å². The first-order chi connectivity index (χ1) is 12.2. The van der Waals surface area contributed by atoms with E-state index in [0.717, 1.165) is 33.6 Å². The Hall–Kier alpha value is -2.79. The SMILES string of the molecule is O=C1Nc2ccc(NCc3cccc(Br)c3)cc2/C1=C/c1ccc[nH]1. The molecular weight excluding hydrogens is 378 g/mol. The molecular formula is C20H16BrN3O. The maximum atomic E-state index is 12.3. The van der Waals surface area contributed by atoms with Gasteiger partial charge in [0.2, 0.25) is 0 Å². The molecule has 4 nitrogen and oxygen atoms in total. The van der Waals surface area contributed by atoms with Gasteiger partial charge in [-0.1, -0.05) is 28.1 Å². The summed E-state index contributed by atoms with van der Waals surface area (Å²) in [4.78, 5) is 15.4. The van der Waals surface area contributed by atoms with Crippen molar-refractivity contribution in [3.05, 3.63) is 82.1 Å². The molecule has 124 valence electrons. The molecule has 2 heterocycles. The molecule has 0 bridgehead atoms. The van der Waals surface area contributed by atoms with Gasteiger partial charge < -0.3 is 15.6 Å². The first kappa shape index (κ1) is 15.7. The number of anilines is 2. The lowest BCUT2D eigenvalue weighted by Gasteiger charge is -2.09. The van der Waals surface area contributed by atoms with Crippen molar-refractivity contribution in [2.24, 2.45) is 0 Å². The summed E-state index contributed by atoms with van der Waals surface area (Å²) in [7, 11) is 0. The van der Waals surface area contributed by atoms with Crippen molar-refractivity contribution in [1.82, 2.24) is 4.98 Å². The highest BCUT2D eigenvalue weighted by atomic mass is 79.9. The quantitative estimate of drug-likeness (QED) is 0.553. The molecule has 4 rings (SSSR count). The zero-order chi connectivity index (χ0) is 17.2. The van der Waals surface area contributed by atoms with Crippen LogP contribution in [0.1, 0.15) is 16.8 Å². The van der Waals surface area contributed by atoms with E-state index in [2.05, 4.69) is 43.7 Å². The molecule has 0 saturated carbocycles. The lowest BCUT2D eigenvalue weighted by atomic mass is 10.1. The third-order valence-corrected chi connectivity index (χ3v) is 4.60. The van der Waals surface area contributed by atoms with Gasteiger partial charge in [0.1, 0.15) is 0 Å². The highest BCUT2D eigenvalue weighted by molar-refractivity contribution is 9.10. The van der Waals surface area contributed by atoms with Gasteiger partial charge in [-0.05, 0) is 54.1 Å². The largest absolute Gasteiger partial charge is 0.381 e. The van der Waals surface area contributed by atoms with Gasteiger partial charge >= 0.3 is 0 Å². The number of halogens is 1. The summed E-state index contributed by atoms with van der Waals surface area (Å²) in [5.74, 6) is -0.0752. The van der Waals surface area contributed by atoms with Crippen molar-refractivity contribution in [3.63, 3.8) is 0 Å². The van der Waals surface area contributed by atoms with Crippen LogP contribution >= 0.6 is 15.9 Å². The van der Waals surface area contributed by atoms with Gasteiger partial charge in [-0.25, -0.2) is 0 Å². The lowest BCUT2D eigenvalue weighted by molar-refractivity contribution is -0.110. The lowest BCUT2D eigenvalue weighted by Crippen LogP contribution is -2.03. The Balaban J connectivity index is 1.59. The number of hydrogen-bond donors (Lipinski definition) is 3. The van der Waals surface area contributed by atoms with Gasteiger partial charge in [0.15, 0.2) is 0 Å². The molecule has 3 N–H and O–H groups in total. The maximum Gasteiger partial charge on any atom is 0.256 e. The first-order valence-electron chi connectivity index (χ1n) is 7.98. The highest BCUT2D eigenvalue weighted by Crippen LogP contribution is 2.35. The van der Waals surface area contributed by atoms with E-state index in [1.165, 1.54) is 5.56 Å². The second kappa shape index (κ2) is 6.61. The Morgan fingerprint density at radius 2 is 2.00 bits per heavy atom. The van der Waals surface area contributed by atoms with Gasteiger partial charge in [0.25, 0.3) is 5.91 Å². The number of amides is 1. The van der Waals surface area contributed by atoms with E-state index in [1.807, 2.05) is 54.7 Å². The molecule has 3 aromatic rings. The fourth-order valence-electron chi connectivity index (χ4n) is 2.88. The third kappa shape index (κ3) is 3.37. The highest BCUT2D eigenvalue weighted by Gasteiger charge is 2.24. The third-order valence-electron chi connectivity index (χ3n) is 4.11. The van der Waals surface area contributed by atoms with Gasteiger partial charge in [-0.2, -0.15) is 0 Å². The van der Waals surface area contributed by atoms with Crippen LogP contribution < -0.4 is 10.6 Å². The van der Waals surface area contributed by atoms with E-state index < -0.39 is 0 Å². The van der Waals surface area contributed by atoms with Crippen LogP contribution in [0, 0.1) is 0 Å². The second-order valence-corrected chi connectivity index (χ2v) is 6.80. The molecule has 0 unspecified atom stereocenters. The minimum Gasteiger partial charge on any atom is -0.381 e. The average Bonchev–Trinajstić information content (AvgIpc) is 3.22. The number of aromatic nitrogens is 1. The number of carbonyl (C=O) groups excluding carboxylic acids is 1. The zero-order valence-corrected chi connectivity index (χ0v) is 14.9. The van der Waals surface area contributed by atoms with Crippen LogP contribution in [-0.2, 0) is 11.3 Å². The summed E-state index contributed by atoms with van der Waals surface area (Å²) in [5, 5.41) is 6.33. The van der Waals surface area contributed by atoms with Crippen molar-refractivity contribution < 1.29 is 4.79 Å². The smallest absolute Gasteiger partial charge is 0.256 e. The van der Waals surface area contributed by atoms with Crippen LogP contribution in [0.2, 0.25) is 0 Å². The molecule has 25 heavy (non-hydrogen) atoms. The second-order valence-electron chi connectivity index (χ2n) is 5.88. The summed E-state index contributed by atoms with van der Waals surface area (Å²) < 4.78 is 1.06. The standard InChI is InChI=1S/C20H16BrN3O/c21-14-4-1-3-13(9-14)12-23-16-6-7-19-17(10-16)18(20(25)24-19)11-15-5-2-8-22-15/h1-11,22-23H,12H2,(H,24,25)/b18-11-. The van der Waals surface area contributed by atoms with Gasteiger partial charge in [0, 0.05) is 39.8 Å². The summed E-state index contributed by atoms with van der Waals surface area (Å²) in [6.07, 6.45) is 3.72. The molecule has 0 radical (unpaired) electrons. The number of benzene rings is 2. The Morgan fingerprint density at radius 3 is 2.80 bits per heavy atom. The summed E-state index contributed by atoms with van der Waals surface area (Å²) >= 11 is 3.49. The fourth-order valence-corrected chi connectivity index (χ4v) is 3.33. The predicted octanol–water partition coefficient (Wildman–Crippen LogP) is 4.88. The number of hydrogen-bond acceptors (Lipinski definition) is 2. The average molecular weight is 394 g/mol. The number of rotatable bonds is 4. The molecule has 0 fully saturated rings. The molecule has 0 spiro atoms. The van der Waals surface area contributed by atoms with Crippen LogP contribution in [0.4, 0.5) is 11.4 Å². The van der Waals surface area contributed by atoms with Gasteiger partial charge in [0.05, 0.1) is 5.57 Å². The molecule has 5 heteroatoms. The number of H-pyrrole nitrogens is 1. The van der Waals surface area contributed by atoms with Crippen LogP contribution in [0.3, 0.4) is 0 Å². The minimum atomic E-state index is -0.0752. The monoisotopic (exact) mass is 393 g/mol. The van der Waals surface area contributed by atoms with Crippen molar-refractivity contribution in [1.29, 1.82) is 0 Å². The molecule has 0 saturated heterocycles. The minimum absolute atomic E-state index is 0.0752. The Morgan fingerprint density at radius 1 is 1.08 bits per heavy atom. The zero-order valence-electron chi connectivity index (χ0n) is 13.3. The van der Waals surface area contributed by atoms with Crippen molar-refractivity contribution >= 4 is 44.9 Å². The topological polar surface area (TPSA) is 56.9 Å². The van der Waals surface area contributed by atoms with Crippen molar-refractivity contribution in [3.8, 4) is 0 Å². The van der Waals surface area contributed by atoms with Crippen molar-refractivity contribution in [2.45, 2.75) is 6.54 Å². The number of carbonyl (C=O) groups is 1. The van der Waals surface area contributed by atoms with E-state index in [-0.39, 0.29) is 5.91 Å². The number of nitrogens with one attached hydrogen (secondary N) is 3. The predicted molar refractivity (Wildman–Crippen MR) is 105 cm³/mol. The van der Waals surface area contributed by atoms with Gasteiger partial charge in [-0.15, -0.1) is 0 Å². The summed E-state index contributed by atoms with van der Waals surface area (Å²) in [5.41, 5.74) is 5.50. The van der Waals surface area contributed by atoms with Crippen LogP contribution in [0.25, 0.3) is 11.6 Å². The van der Waals surface area contributed by atoms with Crippen LogP contribution in [0.15, 0.2) is 65.3 Å². The van der Waals surface area contributed by atoms with Gasteiger partial charge in [-0.3, -0.25) is 4.79 Å². The van der Waals surface area contributed by atoms with E-state index in [9.17, 15) is 4.79 Å². The summed E-state index contributed by atoms with van der Waals surface area (Å²) in [6.45, 7) is 0.718. The molecule has 1 aromatic heterocycles. The fraction of sp³-hybridized carbons (Fsp3) is 0.0500. The van der Waals surface area contributed by atoms with E-state index >= 15 is 0 Å². The molecule has 2 aromatic carbocycles. The number of aromatic amines is 1. The summed E-state index contributed by atoms with van der Waals surface area (Å²) in [6, 6.07) is 18.0. The molecule has 0 aliphatic carbocycles. The molecule has 1 amide bonds. The van der Waals surface area contributed by atoms with E-state index in [4.69, 9.17) is 0 Å². The van der Waals surface area contributed by atoms with Crippen LogP contribution in [0.5, 0.6) is 0 Å². The van der Waals surface area contributed by atoms with Crippen molar-refractivity contribution in [2.75, 3.05) is 10.6 Å². The molecule has 1 aliphatic heterocycles. The Bertz CT molecular complexity index is 961. The molecule has 1 aliphatic rings. The molecule has 0 atom stereocenters. The number of fused-ring (bicyclic) bond motifs is 1. The Kier molecular flexibility index (Phi) is 4.15. The Labute approximate surface area is 154 Å².